The van der Waals surface area contributed by atoms with Crippen molar-refractivity contribution in [2.45, 2.75) is 12.5 Å². The molecule has 1 saturated heterocycles. The zero-order valence-electron chi connectivity index (χ0n) is 16.4. The van der Waals surface area contributed by atoms with E-state index >= 15 is 0 Å². The maximum atomic E-state index is 5.79. The molecule has 0 N–H and O–H groups in total. The Labute approximate surface area is 172 Å². The van der Waals surface area contributed by atoms with E-state index in [1.165, 1.54) is 33.6 Å². The molecule has 1 unspecified atom stereocenters. The van der Waals surface area contributed by atoms with Gasteiger partial charge in [-0.15, -0.1) is 0 Å². The number of pyridine rings is 1. The highest BCUT2D eigenvalue weighted by Gasteiger charge is 2.32. The Morgan fingerprint density at radius 3 is 1.52 bits per heavy atom. The summed E-state index contributed by atoms with van der Waals surface area (Å²) in [6, 6.07) is 37.0. The van der Waals surface area contributed by atoms with Crippen molar-refractivity contribution >= 4 is 0 Å². The Morgan fingerprint density at radius 1 is 0.586 bits per heavy atom. The van der Waals surface area contributed by atoms with Crippen LogP contribution in [0, 0.1) is 0 Å². The molecule has 1 aliphatic rings. The molecule has 0 aliphatic carbocycles. The van der Waals surface area contributed by atoms with Gasteiger partial charge in [0.2, 0.25) is 11.4 Å². The Bertz CT molecular complexity index is 1020. The molecule has 29 heavy (non-hydrogen) atoms. The fourth-order valence-corrected chi connectivity index (χ4v) is 4.18. The monoisotopic (exact) mass is 378 g/mol. The third-order valence-corrected chi connectivity index (χ3v) is 5.62. The predicted molar refractivity (Wildman–Crippen MR) is 117 cm³/mol. The predicted octanol–water partition coefficient (Wildman–Crippen LogP) is 5.94. The molecule has 2 nitrogen and oxygen atoms in total. The first kappa shape index (κ1) is 17.8. The van der Waals surface area contributed by atoms with Gasteiger partial charge in [-0.25, -0.2) is 0 Å². The van der Waals surface area contributed by atoms with Crippen LogP contribution in [0.25, 0.3) is 33.6 Å². The molecule has 2 heterocycles. The van der Waals surface area contributed by atoms with Crippen LogP contribution >= 0.6 is 0 Å². The average molecular weight is 378 g/mol. The average Bonchev–Trinajstić information content (AvgIpc) is 3.34. The van der Waals surface area contributed by atoms with Crippen molar-refractivity contribution in [3.8, 4) is 33.6 Å². The van der Waals surface area contributed by atoms with Crippen LogP contribution in [-0.4, -0.2) is 13.2 Å². The molecule has 1 aromatic heterocycles. The quantitative estimate of drug-likeness (QED) is 0.401. The second-order valence-electron chi connectivity index (χ2n) is 7.50. The minimum Gasteiger partial charge on any atom is -0.374 e. The maximum absolute atomic E-state index is 5.79. The van der Waals surface area contributed by atoms with Crippen LogP contribution in [0.3, 0.4) is 0 Å². The lowest BCUT2D eigenvalue weighted by Crippen LogP contribution is -2.44. The van der Waals surface area contributed by atoms with Gasteiger partial charge in [0.15, 0.2) is 6.04 Å². The summed E-state index contributed by atoms with van der Waals surface area (Å²) >= 11 is 0. The first-order valence-corrected chi connectivity index (χ1v) is 10.2. The first-order valence-electron chi connectivity index (χ1n) is 10.2. The van der Waals surface area contributed by atoms with Crippen molar-refractivity contribution < 1.29 is 9.30 Å². The van der Waals surface area contributed by atoms with Crippen molar-refractivity contribution in [1.29, 1.82) is 0 Å². The van der Waals surface area contributed by atoms with Crippen molar-refractivity contribution in [3.05, 3.63) is 103 Å². The van der Waals surface area contributed by atoms with E-state index in [1.54, 1.807) is 0 Å². The summed E-state index contributed by atoms with van der Waals surface area (Å²) in [6.07, 6.45) is 1.04. The molecule has 1 atom stereocenters. The lowest BCUT2D eigenvalue weighted by atomic mass is 9.98. The highest BCUT2D eigenvalue weighted by molar-refractivity contribution is 5.73. The highest BCUT2D eigenvalue weighted by Crippen LogP contribution is 2.31. The van der Waals surface area contributed by atoms with E-state index in [0.29, 0.717) is 6.04 Å². The molecule has 0 bridgehead atoms. The third kappa shape index (κ3) is 3.59. The molecule has 0 amide bonds. The van der Waals surface area contributed by atoms with E-state index in [1.807, 2.05) is 0 Å². The van der Waals surface area contributed by atoms with E-state index in [4.69, 9.17) is 4.74 Å². The van der Waals surface area contributed by atoms with Gasteiger partial charge < -0.3 is 4.74 Å². The molecular weight excluding hydrogens is 354 g/mol. The molecule has 0 radical (unpaired) electrons. The number of ether oxygens (including phenoxy) is 1. The van der Waals surface area contributed by atoms with E-state index in [-0.39, 0.29) is 0 Å². The highest BCUT2D eigenvalue weighted by atomic mass is 16.5. The summed E-state index contributed by atoms with van der Waals surface area (Å²) < 4.78 is 8.28. The van der Waals surface area contributed by atoms with E-state index in [9.17, 15) is 0 Å². The van der Waals surface area contributed by atoms with Gasteiger partial charge in [-0.2, -0.15) is 4.57 Å². The summed E-state index contributed by atoms with van der Waals surface area (Å²) in [6.45, 7) is 1.58. The SMILES string of the molecule is c1ccc(-c2cc(-c3ccccc3)[n+](C3CCOC3)c(-c3ccccc3)c2)cc1. The minimum atomic E-state index is 0.338. The molecule has 4 aromatic rings. The van der Waals surface area contributed by atoms with Gasteiger partial charge in [-0.1, -0.05) is 66.7 Å². The van der Waals surface area contributed by atoms with Gasteiger partial charge in [0.25, 0.3) is 0 Å². The van der Waals surface area contributed by atoms with Crippen molar-refractivity contribution in [1.82, 2.24) is 0 Å². The van der Waals surface area contributed by atoms with Gasteiger partial charge >= 0.3 is 0 Å². The summed E-state index contributed by atoms with van der Waals surface area (Å²) in [5.41, 5.74) is 7.40. The lowest BCUT2D eigenvalue weighted by molar-refractivity contribution is -0.699. The summed E-state index contributed by atoms with van der Waals surface area (Å²) in [5.74, 6) is 0. The van der Waals surface area contributed by atoms with Crippen LogP contribution in [0.5, 0.6) is 0 Å². The number of nitrogens with zero attached hydrogens (tertiary/aromatic N) is 1. The van der Waals surface area contributed by atoms with Crippen LogP contribution in [0.1, 0.15) is 12.5 Å². The van der Waals surface area contributed by atoms with Crippen LogP contribution < -0.4 is 4.57 Å². The number of aromatic nitrogens is 1. The van der Waals surface area contributed by atoms with Crippen LogP contribution in [-0.2, 0) is 4.74 Å². The summed E-state index contributed by atoms with van der Waals surface area (Å²) in [4.78, 5) is 0. The number of rotatable bonds is 4. The molecule has 142 valence electrons. The largest absolute Gasteiger partial charge is 0.374 e. The molecule has 0 saturated carbocycles. The lowest BCUT2D eigenvalue weighted by Gasteiger charge is -2.16. The van der Waals surface area contributed by atoms with Crippen LogP contribution in [0.4, 0.5) is 0 Å². The minimum absolute atomic E-state index is 0.338. The maximum Gasteiger partial charge on any atom is 0.213 e. The zero-order valence-corrected chi connectivity index (χ0v) is 16.4. The normalized spacial score (nSPS) is 16.1. The van der Waals surface area contributed by atoms with E-state index in [2.05, 4.69) is 108 Å². The van der Waals surface area contributed by atoms with Gasteiger partial charge in [0.1, 0.15) is 6.61 Å². The smallest absolute Gasteiger partial charge is 0.213 e. The summed E-state index contributed by atoms with van der Waals surface area (Å²) in [5, 5.41) is 0. The molecule has 1 aliphatic heterocycles. The second-order valence-corrected chi connectivity index (χ2v) is 7.50. The molecule has 5 rings (SSSR count). The second kappa shape index (κ2) is 8.02. The molecule has 3 aromatic carbocycles. The van der Waals surface area contributed by atoms with Crippen molar-refractivity contribution in [3.63, 3.8) is 0 Å². The third-order valence-electron chi connectivity index (χ3n) is 5.62. The van der Waals surface area contributed by atoms with Gasteiger partial charge in [0, 0.05) is 29.7 Å². The standard InChI is InChI=1S/C27H24NO/c1-4-10-21(11-5-1)24-18-26(22-12-6-2-7-13-22)28(25-16-17-29-20-25)27(19-24)23-14-8-3-9-15-23/h1-15,18-19,25H,16-17,20H2/q+1. The Hall–Kier alpha value is -3.23. The number of benzene rings is 3. The van der Waals surface area contributed by atoms with Crippen LogP contribution in [0.2, 0.25) is 0 Å². The summed E-state index contributed by atoms with van der Waals surface area (Å²) in [7, 11) is 0. The van der Waals surface area contributed by atoms with E-state index < -0.39 is 0 Å². The topological polar surface area (TPSA) is 13.1 Å². The zero-order chi connectivity index (χ0) is 19.5. The fraction of sp³-hybridized carbons (Fsp3) is 0.148. The molecular formula is C27H24NO+. The molecule has 0 spiro atoms. The fourth-order valence-electron chi connectivity index (χ4n) is 4.18. The van der Waals surface area contributed by atoms with Gasteiger partial charge in [0.05, 0.1) is 6.61 Å². The molecule has 1 fully saturated rings. The van der Waals surface area contributed by atoms with Gasteiger partial charge in [-0.05, 0) is 35.4 Å². The Balaban J connectivity index is 1.81. The Kier molecular flexibility index (Phi) is 4.93. The van der Waals surface area contributed by atoms with Crippen molar-refractivity contribution in [2.75, 3.05) is 13.2 Å². The first-order chi connectivity index (χ1) is 14.4. The van der Waals surface area contributed by atoms with Gasteiger partial charge in [-0.3, -0.25) is 0 Å². The Morgan fingerprint density at radius 2 is 1.07 bits per heavy atom. The number of hydrogen-bond acceptors (Lipinski definition) is 1. The van der Waals surface area contributed by atoms with Crippen molar-refractivity contribution in [2.24, 2.45) is 0 Å². The van der Waals surface area contributed by atoms with Crippen LogP contribution in [0.15, 0.2) is 103 Å². The van der Waals surface area contributed by atoms with E-state index in [0.717, 1.165) is 19.6 Å². The number of hydrogen-bond donors (Lipinski definition) is 0. The molecule has 2 heteroatoms.